The highest BCUT2D eigenvalue weighted by Crippen LogP contribution is 2.45. The van der Waals surface area contributed by atoms with Crippen LogP contribution in [0.2, 0.25) is 0 Å². The molecular formula is C16H19N3O. The van der Waals surface area contributed by atoms with Crippen LogP contribution in [0.3, 0.4) is 0 Å². The Labute approximate surface area is 118 Å². The largest absolute Gasteiger partial charge is 0.487 e. The van der Waals surface area contributed by atoms with Gasteiger partial charge in [0.25, 0.3) is 0 Å². The summed E-state index contributed by atoms with van der Waals surface area (Å²) in [5.41, 5.74) is 9.25. The van der Waals surface area contributed by atoms with Gasteiger partial charge >= 0.3 is 0 Å². The summed E-state index contributed by atoms with van der Waals surface area (Å²) in [6.07, 6.45) is 5.20. The predicted octanol–water partition coefficient (Wildman–Crippen LogP) is 3.18. The Morgan fingerprint density at radius 3 is 2.90 bits per heavy atom. The van der Waals surface area contributed by atoms with E-state index in [9.17, 15) is 0 Å². The number of anilines is 1. The molecule has 104 valence electrons. The van der Waals surface area contributed by atoms with Crippen molar-refractivity contribution in [2.24, 2.45) is 0 Å². The molecule has 2 aliphatic rings. The van der Waals surface area contributed by atoms with E-state index >= 15 is 0 Å². The third kappa shape index (κ3) is 1.71. The quantitative estimate of drug-likeness (QED) is 0.911. The first-order chi connectivity index (χ1) is 9.55. The standard InChI is InChI=1S/C16H19N3O/c1-16(2)8-10-4-3-5-12(14(10)20-16)13-15(17)19(9-18-13)11-6-7-11/h3-5,9,11H,6-8,17H2,1-2H3. The van der Waals surface area contributed by atoms with Crippen molar-refractivity contribution in [2.75, 3.05) is 5.73 Å². The molecule has 20 heavy (non-hydrogen) atoms. The van der Waals surface area contributed by atoms with Crippen LogP contribution in [0.25, 0.3) is 11.3 Å². The minimum absolute atomic E-state index is 0.147. The Morgan fingerprint density at radius 2 is 2.15 bits per heavy atom. The van der Waals surface area contributed by atoms with E-state index in [1.165, 1.54) is 18.4 Å². The molecule has 1 saturated carbocycles. The molecule has 0 bridgehead atoms. The predicted molar refractivity (Wildman–Crippen MR) is 78.8 cm³/mol. The van der Waals surface area contributed by atoms with Gasteiger partial charge in [0.15, 0.2) is 0 Å². The first-order valence-electron chi connectivity index (χ1n) is 7.19. The van der Waals surface area contributed by atoms with Gasteiger partial charge in [-0.25, -0.2) is 4.98 Å². The van der Waals surface area contributed by atoms with Crippen molar-refractivity contribution >= 4 is 5.82 Å². The van der Waals surface area contributed by atoms with Crippen LogP contribution in [-0.2, 0) is 6.42 Å². The molecule has 0 amide bonds. The van der Waals surface area contributed by atoms with Crippen molar-refractivity contribution < 1.29 is 4.74 Å². The number of ether oxygens (including phenoxy) is 1. The number of nitrogen functional groups attached to an aromatic ring is 1. The number of fused-ring (bicyclic) bond motifs is 1. The average Bonchev–Trinajstić information content (AvgIpc) is 3.07. The van der Waals surface area contributed by atoms with E-state index in [2.05, 4.69) is 41.6 Å². The zero-order chi connectivity index (χ0) is 13.9. The summed E-state index contributed by atoms with van der Waals surface area (Å²) in [6.45, 7) is 4.23. The zero-order valence-electron chi connectivity index (χ0n) is 11.9. The maximum Gasteiger partial charge on any atom is 0.133 e. The molecule has 4 rings (SSSR count). The van der Waals surface area contributed by atoms with Gasteiger partial charge in [0.05, 0.1) is 6.33 Å². The molecule has 4 heteroatoms. The number of nitrogens with zero attached hydrogens (tertiary/aromatic N) is 2. The van der Waals surface area contributed by atoms with Crippen molar-refractivity contribution in [1.29, 1.82) is 0 Å². The van der Waals surface area contributed by atoms with E-state index in [1.54, 1.807) is 0 Å². The Morgan fingerprint density at radius 1 is 1.35 bits per heavy atom. The van der Waals surface area contributed by atoms with Gasteiger partial charge in [0.1, 0.15) is 22.9 Å². The van der Waals surface area contributed by atoms with Gasteiger partial charge in [-0.2, -0.15) is 0 Å². The van der Waals surface area contributed by atoms with Gasteiger partial charge in [0.2, 0.25) is 0 Å². The van der Waals surface area contributed by atoms with Gasteiger partial charge in [-0.1, -0.05) is 12.1 Å². The van der Waals surface area contributed by atoms with E-state index in [1.807, 2.05) is 6.33 Å². The second-order valence-electron chi connectivity index (χ2n) is 6.45. The number of rotatable bonds is 2. The number of nitrogens with two attached hydrogens (primary N) is 1. The molecule has 0 radical (unpaired) electrons. The SMILES string of the molecule is CC1(C)Cc2cccc(-c3ncn(C4CC4)c3N)c2O1. The fourth-order valence-electron chi connectivity index (χ4n) is 3.02. The molecule has 1 aromatic carbocycles. The number of hydrogen-bond donors (Lipinski definition) is 1. The maximum atomic E-state index is 6.28. The number of imidazole rings is 1. The summed E-state index contributed by atoms with van der Waals surface area (Å²) in [5, 5.41) is 0. The van der Waals surface area contributed by atoms with Crippen LogP contribution in [0.15, 0.2) is 24.5 Å². The Kier molecular flexibility index (Phi) is 2.23. The van der Waals surface area contributed by atoms with Crippen molar-refractivity contribution in [3.63, 3.8) is 0 Å². The molecule has 2 aromatic rings. The van der Waals surface area contributed by atoms with E-state index in [4.69, 9.17) is 10.5 Å². The summed E-state index contributed by atoms with van der Waals surface area (Å²) < 4.78 is 8.21. The molecule has 1 fully saturated rings. The Balaban J connectivity index is 1.83. The normalized spacial score (nSPS) is 19.7. The minimum atomic E-state index is -0.147. The minimum Gasteiger partial charge on any atom is -0.487 e. The first-order valence-corrected chi connectivity index (χ1v) is 7.19. The fraction of sp³-hybridized carbons (Fsp3) is 0.438. The van der Waals surface area contributed by atoms with Crippen LogP contribution < -0.4 is 10.5 Å². The number of para-hydroxylation sites is 1. The molecule has 0 saturated heterocycles. The number of benzene rings is 1. The highest BCUT2D eigenvalue weighted by molar-refractivity contribution is 5.77. The smallest absolute Gasteiger partial charge is 0.133 e. The van der Waals surface area contributed by atoms with Crippen LogP contribution in [0.1, 0.15) is 38.3 Å². The van der Waals surface area contributed by atoms with E-state index in [0.29, 0.717) is 6.04 Å². The Hall–Kier alpha value is -1.97. The number of aromatic nitrogens is 2. The molecule has 0 spiro atoms. The van der Waals surface area contributed by atoms with E-state index < -0.39 is 0 Å². The molecule has 1 aliphatic carbocycles. The second-order valence-corrected chi connectivity index (χ2v) is 6.45. The van der Waals surface area contributed by atoms with Gasteiger partial charge in [0, 0.05) is 18.0 Å². The van der Waals surface area contributed by atoms with E-state index in [-0.39, 0.29) is 5.60 Å². The van der Waals surface area contributed by atoms with Crippen LogP contribution in [0.5, 0.6) is 5.75 Å². The molecule has 4 nitrogen and oxygen atoms in total. The van der Waals surface area contributed by atoms with Crippen LogP contribution in [-0.4, -0.2) is 15.2 Å². The lowest BCUT2D eigenvalue weighted by atomic mass is 10.00. The van der Waals surface area contributed by atoms with Crippen molar-refractivity contribution in [2.45, 2.75) is 44.8 Å². The summed E-state index contributed by atoms with van der Waals surface area (Å²) in [5.74, 6) is 1.71. The fourth-order valence-corrected chi connectivity index (χ4v) is 3.02. The van der Waals surface area contributed by atoms with Crippen LogP contribution in [0.4, 0.5) is 5.82 Å². The monoisotopic (exact) mass is 269 g/mol. The lowest BCUT2D eigenvalue weighted by Crippen LogP contribution is -2.24. The molecule has 2 heterocycles. The molecule has 2 N–H and O–H groups in total. The second kappa shape index (κ2) is 3.78. The maximum absolute atomic E-state index is 6.28. The van der Waals surface area contributed by atoms with Gasteiger partial charge in [-0.05, 0) is 38.3 Å². The summed E-state index contributed by atoms with van der Waals surface area (Å²) in [6, 6.07) is 6.79. The summed E-state index contributed by atoms with van der Waals surface area (Å²) >= 11 is 0. The lowest BCUT2D eigenvalue weighted by molar-refractivity contribution is 0.139. The first kappa shape index (κ1) is 11.8. The van der Waals surface area contributed by atoms with Crippen molar-refractivity contribution in [3.05, 3.63) is 30.1 Å². The molecule has 1 aliphatic heterocycles. The molecule has 0 atom stereocenters. The molecule has 1 aromatic heterocycles. The third-order valence-corrected chi connectivity index (χ3v) is 4.12. The topological polar surface area (TPSA) is 53.1 Å². The number of hydrogen-bond acceptors (Lipinski definition) is 3. The lowest BCUT2D eigenvalue weighted by Gasteiger charge is -2.18. The van der Waals surface area contributed by atoms with Crippen molar-refractivity contribution in [1.82, 2.24) is 9.55 Å². The summed E-state index contributed by atoms with van der Waals surface area (Å²) in [4.78, 5) is 4.53. The Bertz CT molecular complexity index is 683. The highest BCUT2D eigenvalue weighted by Gasteiger charge is 2.33. The van der Waals surface area contributed by atoms with Gasteiger partial charge in [-0.15, -0.1) is 0 Å². The van der Waals surface area contributed by atoms with E-state index in [0.717, 1.165) is 29.2 Å². The van der Waals surface area contributed by atoms with Crippen molar-refractivity contribution in [3.8, 4) is 17.0 Å². The summed E-state index contributed by atoms with van der Waals surface area (Å²) in [7, 11) is 0. The highest BCUT2D eigenvalue weighted by atomic mass is 16.5. The average molecular weight is 269 g/mol. The van der Waals surface area contributed by atoms with Crippen LogP contribution >= 0.6 is 0 Å². The molecular weight excluding hydrogens is 250 g/mol. The van der Waals surface area contributed by atoms with Gasteiger partial charge in [-0.3, -0.25) is 0 Å². The third-order valence-electron chi connectivity index (χ3n) is 4.12. The van der Waals surface area contributed by atoms with Crippen LogP contribution in [0, 0.1) is 0 Å². The van der Waals surface area contributed by atoms with Gasteiger partial charge < -0.3 is 15.0 Å². The zero-order valence-corrected chi connectivity index (χ0v) is 11.9. The molecule has 0 unspecified atom stereocenters.